The summed E-state index contributed by atoms with van der Waals surface area (Å²) >= 11 is 1.25. The van der Waals surface area contributed by atoms with Crippen LogP contribution in [-0.2, 0) is 19.9 Å². The number of hydrogen-bond acceptors (Lipinski definition) is 11. The molecule has 2 saturated carbocycles. The third kappa shape index (κ3) is 6.22. The van der Waals surface area contributed by atoms with Gasteiger partial charge in [-0.25, -0.2) is 53.7 Å². The molecule has 2 bridgehead atoms. The summed E-state index contributed by atoms with van der Waals surface area (Å²) in [6.07, 6.45) is 2.82. The maximum absolute atomic E-state index is 16.5. The van der Waals surface area contributed by atoms with Crippen molar-refractivity contribution in [3.8, 4) is 21.8 Å². The first kappa shape index (κ1) is 34.8. The van der Waals surface area contributed by atoms with Crippen LogP contribution in [-0.4, -0.2) is 91.4 Å². The van der Waals surface area contributed by atoms with Gasteiger partial charge in [0.2, 0.25) is 5.95 Å². The predicted octanol–water partition coefficient (Wildman–Crippen LogP) is 5.39. The number of likely N-dealkylation sites (tertiary alicyclic amines) is 1. The molecule has 5 aliphatic rings. The van der Waals surface area contributed by atoms with Gasteiger partial charge in [-0.1, -0.05) is 23.5 Å². The van der Waals surface area contributed by atoms with Crippen LogP contribution >= 0.6 is 11.3 Å². The van der Waals surface area contributed by atoms with Crippen LogP contribution in [0, 0.1) is 29.3 Å². The molecule has 2 N–H and O–H groups in total. The Labute approximate surface area is 305 Å². The summed E-state index contributed by atoms with van der Waals surface area (Å²) in [5, 5.41) is 3.79. The van der Waals surface area contributed by atoms with Crippen LogP contribution in [0.25, 0.3) is 21.8 Å². The molecule has 0 amide bonds. The lowest BCUT2D eigenvalue weighted by molar-refractivity contribution is -0.127. The Balaban J connectivity index is 1.07. The number of nitrogens with one attached hydrogen (secondary N) is 2. The molecular weight excluding hydrogens is 762 g/mol. The van der Waals surface area contributed by atoms with Crippen LogP contribution in [0.3, 0.4) is 0 Å². The molecule has 2 aromatic heterocycles. The van der Waals surface area contributed by atoms with E-state index in [1.807, 2.05) is 4.72 Å². The minimum atomic E-state index is -4.90. The Kier molecular flexibility index (Phi) is 8.07. The molecule has 4 aromatic rings. The molecule has 3 aliphatic heterocycles. The number of halogens is 5. The first-order valence-corrected chi connectivity index (χ1v) is 21.3. The maximum atomic E-state index is 16.5. The third-order valence-electron chi connectivity index (χ3n) is 11.0. The second kappa shape index (κ2) is 12.3. The average molecular weight is 794 g/mol. The Morgan fingerprint density at radius 2 is 1.55 bits per heavy atom. The zero-order valence-corrected chi connectivity index (χ0v) is 30.2. The molecule has 5 fully saturated rings. The summed E-state index contributed by atoms with van der Waals surface area (Å²) in [6, 6.07) is 7.79. The fraction of sp³-hybridized carbons (Fsp3) is 0.441. The highest BCUT2D eigenvalue weighted by molar-refractivity contribution is 7.92. The normalized spacial score (nSPS) is 27.3. The molecule has 2 unspecified atom stereocenters. The SMILES string of the molecule is O=S1(=O)C[C@@H]2[C@H](C1)[C@@H]2Nc1nccc(-c2sc(N3C4CCC3CN(C3CC(F)(F)C3)C4)nc2-c2cccc(NS(=O)(=O)c3c(F)cccc3F)c2F)n1. The van der Waals surface area contributed by atoms with Crippen molar-refractivity contribution in [1.29, 1.82) is 0 Å². The standard InChI is InChI=1S/C34H32F5N7O4S3/c35-23-4-2-5-24(36)31(23)53(49,50)44-25-6-1-3-20(27(25)37)29-30(26-9-10-40-32(41-26)42-28-21-15-52(47,48)16-22(21)28)51-33(43-29)46-17-7-8-18(46)14-45(13-17)19-11-34(38,39)12-19/h1-6,9-10,17-19,21-22,28,44H,7-8,11-16H2,(H,40,41,42)/t17?,18?,21-,22+,28-. The molecule has 0 radical (unpaired) electrons. The minimum absolute atomic E-state index is 0.0262. The highest BCUT2D eigenvalue weighted by Gasteiger charge is 2.59. The van der Waals surface area contributed by atoms with Gasteiger partial charge in [-0.15, -0.1) is 0 Å². The second-order valence-electron chi connectivity index (χ2n) is 14.5. The smallest absolute Gasteiger partial charge is 0.267 e. The molecule has 5 atom stereocenters. The highest BCUT2D eigenvalue weighted by atomic mass is 32.2. The lowest BCUT2D eigenvalue weighted by Crippen LogP contribution is -2.61. The molecule has 2 aliphatic carbocycles. The van der Waals surface area contributed by atoms with Gasteiger partial charge in [-0.2, -0.15) is 0 Å². The lowest BCUT2D eigenvalue weighted by atomic mass is 9.86. The van der Waals surface area contributed by atoms with Crippen molar-refractivity contribution in [3.63, 3.8) is 0 Å². The van der Waals surface area contributed by atoms with Crippen molar-refractivity contribution in [2.45, 2.75) is 60.7 Å². The number of benzene rings is 2. The summed E-state index contributed by atoms with van der Waals surface area (Å²) in [6.45, 7) is 1.14. The van der Waals surface area contributed by atoms with Crippen LogP contribution in [0.1, 0.15) is 25.7 Å². The summed E-state index contributed by atoms with van der Waals surface area (Å²) < 4.78 is 125. The van der Waals surface area contributed by atoms with E-state index in [0.717, 1.165) is 37.1 Å². The van der Waals surface area contributed by atoms with E-state index in [-0.39, 0.29) is 77.6 Å². The van der Waals surface area contributed by atoms with Gasteiger partial charge in [0.25, 0.3) is 15.9 Å². The van der Waals surface area contributed by atoms with E-state index in [1.165, 1.54) is 29.7 Å². The van der Waals surface area contributed by atoms with E-state index in [1.54, 1.807) is 6.07 Å². The molecule has 0 spiro atoms. The van der Waals surface area contributed by atoms with Gasteiger partial charge in [-0.05, 0) is 55.0 Å². The number of hydrogen-bond donors (Lipinski definition) is 2. The third-order valence-corrected chi connectivity index (χ3v) is 15.3. The van der Waals surface area contributed by atoms with Crippen molar-refractivity contribution >= 4 is 48.0 Å². The van der Waals surface area contributed by atoms with Crippen LogP contribution in [0.5, 0.6) is 0 Å². The number of alkyl halides is 2. The number of fused-ring (bicyclic) bond motifs is 3. The van der Waals surface area contributed by atoms with E-state index >= 15 is 4.39 Å². The monoisotopic (exact) mass is 793 g/mol. The molecule has 19 heteroatoms. The van der Waals surface area contributed by atoms with Gasteiger partial charge in [0.15, 0.2) is 25.7 Å². The highest BCUT2D eigenvalue weighted by Crippen LogP contribution is 2.50. The van der Waals surface area contributed by atoms with Crippen LogP contribution in [0.15, 0.2) is 53.6 Å². The zero-order valence-electron chi connectivity index (χ0n) is 27.7. The Morgan fingerprint density at radius 3 is 2.21 bits per heavy atom. The molecule has 9 rings (SSSR count). The molecule has 11 nitrogen and oxygen atoms in total. The summed E-state index contributed by atoms with van der Waals surface area (Å²) in [5.74, 6) is -5.98. The Bertz CT molecular complexity index is 2300. The van der Waals surface area contributed by atoms with Crippen molar-refractivity contribution in [1.82, 2.24) is 19.9 Å². The Hall–Kier alpha value is -3.94. The molecule has 280 valence electrons. The number of sulfonamides is 1. The van der Waals surface area contributed by atoms with Gasteiger partial charge < -0.3 is 10.2 Å². The van der Waals surface area contributed by atoms with E-state index in [2.05, 4.69) is 20.1 Å². The van der Waals surface area contributed by atoms with Gasteiger partial charge >= 0.3 is 0 Å². The number of aromatic nitrogens is 3. The second-order valence-corrected chi connectivity index (χ2v) is 19.3. The summed E-state index contributed by atoms with van der Waals surface area (Å²) in [5.41, 5.74) is -0.146. The molecule has 53 heavy (non-hydrogen) atoms. The zero-order chi connectivity index (χ0) is 37.0. The van der Waals surface area contributed by atoms with Gasteiger partial charge in [-0.3, -0.25) is 9.62 Å². The van der Waals surface area contributed by atoms with Crippen molar-refractivity contribution in [2.24, 2.45) is 11.8 Å². The van der Waals surface area contributed by atoms with Crippen LogP contribution in [0.4, 0.5) is 38.7 Å². The number of thiazole rings is 1. The number of rotatable bonds is 9. The van der Waals surface area contributed by atoms with Crippen molar-refractivity contribution in [2.75, 3.05) is 39.5 Å². The van der Waals surface area contributed by atoms with E-state index in [9.17, 15) is 34.4 Å². The topological polar surface area (TPSA) is 137 Å². The van der Waals surface area contributed by atoms with Gasteiger partial charge in [0.1, 0.15) is 11.6 Å². The van der Waals surface area contributed by atoms with Crippen LogP contribution in [0.2, 0.25) is 0 Å². The molecule has 2 aromatic carbocycles. The van der Waals surface area contributed by atoms with E-state index < -0.39 is 53.8 Å². The van der Waals surface area contributed by atoms with E-state index in [4.69, 9.17) is 9.97 Å². The first-order chi connectivity index (χ1) is 25.2. The van der Waals surface area contributed by atoms with Gasteiger partial charge in [0.05, 0.1) is 33.5 Å². The quantitative estimate of drug-likeness (QED) is 0.212. The lowest BCUT2D eigenvalue weighted by Gasteiger charge is -2.49. The van der Waals surface area contributed by atoms with Crippen molar-refractivity contribution < 1.29 is 38.8 Å². The molecular formula is C34H32F5N7O4S3. The maximum Gasteiger partial charge on any atom is 0.267 e. The minimum Gasteiger partial charge on any atom is -0.351 e. The fourth-order valence-electron chi connectivity index (χ4n) is 8.41. The molecule has 5 heterocycles. The summed E-state index contributed by atoms with van der Waals surface area (Å²) in [4.78, 5) is 17.4. The number of sulfone groups is 1. The Morgan fingerprint density at radius 1 is 0.887 bits per heavy atom. The number of anilines is 3. The van der Waals surface area contributed by atoms with E-state index in [0.29, 0.717) is 28.8 Å². The van der Waals surface area contributed by atoms with Crippen LogP contribution < -0.4 is 14.9 Å². The first-order valence-electron chi connectivity index (χ1n) is 17.1. The predicted molar refractivity (Wildman–Crippen MR) is 188 cm³/mol. The largest absolute Gasteiger partial charge is 0.351 e. The van der Waals surface area contributed by atoms with Gasteiger partial charge in [0, 0.05) is 61.9 Å². The fourth-order valence-corrected chi connectivity index (χ4v) is 13.0. The summed E-state index contributed by atoms with van der Waals surface area (Å²) in [7, 11) is -7.97. The van der Waals surface area contributed by atoms with Crippen molar-refractivity contribution in [3.05, 3.63) is 66.1 Å². The average Bonchev–Trinajstić information content (AvgIpc) is 3.36. The number of piperazine rings is 1. The number of nitrogens with zero attached hydrogens (tertiary/aromatic N) is 5. The molecule has 3 saturated heterocycles.